The van der Waals surface area contributed by atoms with Gasteiger partial charge in [0.05, 0.1) is 15.5 Å². The molecule has 190 valence electrons. The van der Waals surface area contributed by atoms with Crippen molar-refractivity contribution in [2.24, 2.45) is 0 Å². The molecule has 36 heavy (non-hydrogen) atoms. The first kappa shape index (κ1) is 26.9. The quantitative estimate of drug-likeness (QED) is 0.219. The number of ether oxygens (including phenoxy) is 2. The Morgan fingerprint density at radius 1 is 1.28 bits per heavy atom. The SMILES string of the molecule is C=CCOC(=O)c1csc(NC(=O)C2CC(SC(C)=O)CN2C(=O)OCc2ccc([N+](=O)[O-])cc2)c1. The van der Waals surface area contributed by atoms with E-state index in [9.17, 15) is 29.3 Å². The second kappa shape index (κ2) is 12.3. The molecule has 1 aromatic carbocycles. The standard InChI is InChI=1S/C23H23N3O8S2/c1-3-8-33-22(29)16-9-20(35-13-16)24-21(28)19-10-18(36-14(2)27)11-25(19)23(30)34-12-15-4-6-17(7-5-15)26(31)32/h3-7,9,13,18-19H,1,8,10-12H2,2H3,(H,24,28). The third-order valence-corrected chi connectivity index (χ3v) is 6.91. The molecule has 1 aromatic heterocycles. The summed E-state index contributed by atoms with van der Waals surface area (Å²) in [6, 6.07) is 6.13. The fourth-order valence-electron chi connectivity index (χ4n) is 3.44. The maximum absolute atomic E-state index is 13.0. The van der Waals surface area contributed by atoms with Crippen LogP contribution in [0.25, 0.3) is 0 Å². The number of nitrogens with zero attached hydrogens (tertiary/aromatic N) is 2. The lowest BCUT2D eigenvalue weighted by molar-refractivity contribution is -0.384. The highest BCUT2D eigenvalue weighted by molar-refractivity contribution is 8.14. The topological polar surface area (TPSA) is 145 Å². The lowest BCUT2D eigenvalue weighted by atomic mass is 10.2. The Kier molecular flexibility index (Phi) is 9.19. The largest absolute Gasteiger partial charge is 0.458 e. The number of hydrogen-bond donors (Lipinski definition) is 1. The molecular formula is C23H23N3O8S2. The number of benzene rings is 1. The number of thioether (sulfide) groups is 1. The summed E-state index contributed by atoms with van der Waals surface area (Å²) in [6.45, 7) is 4.93. The van der Waals surface area contributed by atoms with Crippen LogP contribution in [0.5, 0.6) is 0 Å². The van der Waals surface area contributed by atoms with Gasteiger partial charge in [-0.1, -0.05) is 24.4 Å². The van der Waals surface area contributed by atoms with Gasteiger partial charge in [-0.05, 0) is 30.2 Å². The minimum atomic E-state index is -0.899. The number of carbonyl (C=O) groups excluding carboxylic acids is 4. The van der Waals surface area contributed by atoms with Crippen LogP contribution >= 0.6 is 23.1 Å². The molecule has 11 nitrogen and oxygen atoms in total. The summed E-state index contributed by atoms with van der Waals surface area (Å²) < 4.78 is 10.3. The second-order valence-corrected chi connectivity index (χ2v) is 10.1. The molecule has 3 rings (SSSR count). The van der Waals surface area contributed by atoms with E-state index in [1.807, 2.05) is 0 Å². The van der Waals surface area contributed by atoms with Crippen molar-refractivity contribution in [2.75, 3.05) is 18.5 Å². The number of esters is 1. The Morgan fingerprint density at radius 2 is 2.00 bits per heavy atom. The molecule has 1 saturated heterocycles. The lowest BCUT2D eigenvalue weighted by Gasteiger charge is -2.23. The summed E-state index contributed by atoms with van der Waals surface area (Å²) in [5, 5.41) is 15.0. The van der Waals surface area contributed by atoms with Crippen LogP contribution in [-0.2, 0) is 25.7 Å². The zero-order valence-corrected chi connectivity index (χ0v) is 20.8. The van der Waals surface area contributed by atoms with E-state index in [0.29, 0.717) is 10.6 Å². The molecule has 1 fully saturated rings. The fourth-order valence-corrected chi connectivity index (χ4v) is 5.20. The van der Waals surface area contributed by atoms with E-state index in [2.05, 4.69) is 11.9 Å². The molecule has 0 radical (unpaired) electrons. The van der Waals surface area contributed by atoms with Crippen molar-refractivity contribution in [3.05, 3.63) is 69.6 Å². The van der Waals surface area contributed by atoms with E-state index in [1.54, 1.807) is 5.38 Å². The Balaban J connectivity index is 1.66. The van der Waals surface area contributed by atoms with Crippen LogP contribution in [0.1, 0.15) is 29.3 Å². The number of hydrogen-bond acceptors (Lipinski definition) is 10. The maximum Gasteiger partial charge on any atom is 0.410 e. The Labute approximate surface area is 214 Å². The Bertz CT molecular complexity index is 1160. The van der Waals surface area contributed by atoms with Gasteiger partial charge in [-0.15, -0.1) is 11.3 Å². The number of non-ortho nitro benzene ring substituents is 1. The minimum Gasteiger partial charge on any atom is -0.458 e. The summed E-state index contributed by atoms with van der Waals surface area (Å²) >= 11 is 2.18. The highest BCUT2D eigenvalue weighted by atomic mass is 32.2. The summed E-state index contributed by atoms with van der Waals surface area (Å²) in [7, 11) is 0. The van der Waals surface area contributed by atoms with Crippen molar-refractivity contribution in [1.82, 2.24) is 4.90 Å². The number of rotatable bonds is 9. The van der Waals surface area contributed by atoms with Crippen molar-refractivity contribution in [3.63, 3.8) is 0 Å². The van der Waals surface area contributed by atoms with Crippen molar-refractivity contribution < 1.29 is 33.6 Å². The summed E-state index contributed by atoms with van der Waals surface area (Å²) in [5.74, 6) is -1.04. The molecule has 1 aliphatic heterocycles. The van der Waals surface area contributed by atoms with Crippen LogP contribution in [0, 0.1) is 10.1 Å². The number of nitro groups is 1. The van der Waals surface area contributed by atoms with E-state index in [-0.39, 0.29) is 47.8 Å². The van der Waals surface area contributed by atoms with Crippen LogP contribution in [0.4, 0.5) is 15.5 Å². The smallest absolute Gasteiger partial charge is 0.410 e. The number of carbonyl (C=O) groups is 4. The van der Waals surface area contributed by atoms with Gasteiger partial charge < -0.3 is 14.8 Å². The van der Waals surface area contributed by atoms with Gasteiger partial charge in [0.15, 0.2) is 5.12 Å². The second-order valence-electron chi connectivity index (χ2n) is 7.69. The van der Waals surface area contributed by atoms with E-state index in [1.165, 1.54) is 48.2 Å². The third kappa shape index (κ3) is 7.15. The first-order valence-corrected chi connectivity index (χ1v) is 12.4. The molecule has 0 saturated carbocycles. The molecular weight excluding hydrogens is 510 g/mol. The molecule has 2 amide bonds. The average molecular weight is 534 g/mol. The minimum absolute atomic E-state index is 0.0601. The maximum atomic E-state index is 13.0. The average Bonchev–Trinajstić information content (AvgIpc) is 3.48. The molecule has 2 heterocycles. The molecule has 0 bridgehead atoms. The molecule has 2 atom stereocenters. The van der Waals surface area contributed by atoms with Crippen molar-refractivity contribution in [3.8, 4) is 0 Å². The highest BCUT2D eigenvalue weighted by Gasteiger charge is 2.41. The van der Waals surface area contributed by atoms with Crippen LogP contribution in [0.3, 0.4) is 0 Å². The Hall–Kier alpha value is -3.71. The number of anilines is 1. The van der Waals surface area contributed by atoms with Gasteiger partial charge in [-0.2, -0.15) is 0 Å². The first-order valence-electron chi connectivity index (χ1n) is 10.7. The van der Waals surface area contributed by atoms with Gasteiger partial charge >= 0.3 is 12.1 Å². The van der Waals surface area contributed by atoms with Crippen LogP contribution in [-0.4, -0.2) is 57.4 Å². The fraction of sp³-hybridized carbons (Fsp3) is 0.304. The van der Waals surface area contributed by atoms with Gasteiger partial charge in [-0.3, -0.25) is 24.6 Å². The van der Waals surface area contributed by atoms with Gasteiger partial charge in [0.1, 0.15) is 19.3 Å². The molecule has 0 aliphatic carbocycles. The molecule has 1 aliphatic rings. The number of thiophene rings is 1. The van der Waals surface area contributed by atoms with Gasteiger partial charge in [0.2, 0.25) is 5.91 Å². The summed E-state index contributed by atoms with van der Waals surface area (Å²) in [6.07, 6.45) is 0.931. The zero-order chi connectivity index (χ0) is 26.2. The highest BCUT2D eigenvalue weighted by Crippen LogP contribution is 2.30. The number of nitrogens with one attached hydrogen (secondary N) is 1. The molecule has 13 heteroatoms. The summed E-state index contributed by atoms with van der Waals surface area (Å²) in [5.41, 5.74) is 0.724. The zero-order valence-electron chi connectivity index (χ0n) is 19.2. The Morgan fingerprint density at radius 3 is 2.64 bits per heavy atom. The van der Waals surface area contributed by atoms with Gasteiger partial charge in [0.25, 0.3) is 5.69 Å². The monoisotopic (exact) mass is 533 g/mol. The van der Waals surface area contributed by atoms with Crippen molar-refractivity contribution >= 4 is 56.9 Å². The number of likely N-dealkylation sites (tertiary alicyclic amines) is 1. The van der Waals surface area contributed by atoms with Crippen molar-refractivity contribution in [1.29, 1.82) is 0 Å². The van der Waals surface area contributed by atoms with E-state index in [4.69, 9.17) is 9.47 Å². The normalized spacial score (nSPS) is 16.8. The van der Waals surface area contributed by atoms with Crippen LogP contribution in [0.2, 0.25) is 0 Å². The third-order valence-electron chi connectivity index (χ3n) is 5.06. The van der Waals surface area contributed by atoms with Crippen LogP contribution < -0.4 is 5.32 Å². The predicted octanol–water partition coefficient (Wildman–Crippen LogP) is 4.00. The molecule has 2 aromatic rings. The molecule has 1 N–H and O–H groups in total. The number of amides is 2. The number of nitro benzene ring substituents is 1. The van der Waals surface area contributed by atoms with E-state index in [0.717, 1.165) is 23.1 Å². The van der Waals surface area contributed by atoms with E-state index < -0.39 is 28.9 Å². The van der Waals surface area contributed by atoms with Crippen molar-refractivity contribution in [2.45, 2.75) is 31.2 Å². The van der Waals surface area contributed by atoms with Gasteiger partial charge in [0, 0.05) is 36.2 Å². The summed E-state index contributed by atoms with van der Waals surface area (Å²) in [4.78, 5) is 61.0. The first-order chi connectivity index (χ1) is 17.2. The molecule has 2 unspecified atom stereocenters. The van der Waals surface area contributed by atoms with E-state index >= 15 is 0 Å². The molecule has 0 spiro atoms. The predicted molar refractivity (Wildman–Crippen MR) is 134 cm³/mol. The lowest BCUT2D eigenvalue weighted by Crippen LogP contribution is -2.43. The van der Waals surface area contributed by atoms with Gasteiger partial charge in [-0.25, -0.2) is 9.59 Å². The van der Waals surface area contributed by atoms with Crippen LogP contribution in [0.15, 0.2) is 48.4 Å².